The van der Waals surface area contributed by atoms with Crippen LogP contribution >= 0.6 is 34.8 Å². The topological polar surface area (TPSA) is 67.8 Å². The van der Waals surface area contributed by atoms with Gasteiger partial charge in [0.2, 0.25) is 0 Å². The minimum absolute atomic E-state index is 0.0637. The fourth-order valence-corrected chi connectivity index (χ4v) is 3.01. The maximum Gasteiger partial charge on any atom is 0.257 e. The van der Waals surface area contributed by atoms with E-state index in [0.717, 1.165) is 0 Å². The maximum atomic E-state index is 12.6. The van der Waals surface area contributed by atoms with Crippen LogP contribution in [0.15, 0.2) is 24.3 Å². The van der Waals surface area contributed by atoms with Gasteiger partial charge in [0.25, 0.3) is 5.91 Å². The van der Waals surface area contributed by atoms with Crippen LogP contribution in [0.2, 0.25) is 15.1 Å². The zero-order chi connectivity index (χ0) is 18.7. The summed E-state index contributed by atoms with van der Waals surface area (Å²) in [6.45, 7) is 1.76. The van der Waals surface area contributed by atoms with Gasteiger partial charge in [-0.2, -0.15) is 0 Å². The Morgan fingerprint density at radius 1 is 1.12 bits per heavy atom. The smallest absolute Gasteiger partial charge is 0.257 e. The number of halogens is 3. The monoisotopic (exact) mass is 403 g/mol. The molecule has 2 aromatic carbocycles. The van der Waals surface area contributed by atoms with Crippen LogP contribution in [0.1, 0.15) is 28.9 Å². The van der Waals surface area contributed by atoms with E-state index in [2.05, 4.69) is 5.32 Å². The molecule has 0 heterocycles. The summed E-state index contributed by atoms with van der Waals surface area (Å²) in [7, 11) is 3.07. The summed E-state index contributed by atoms with van der Waals surface area (Å²) >= 11 is 17.8. The van der Waals surface area contributed by atoms with Crippen molar-refractivity contribution in [1.29, 1.82) is 0 Å². The average Bonchev–Trinajstić information content (AvgIpc) is 2.59. The van der Waals surface area contributed by atoms with Crippen molar-refractivity contribution in [1.82, 2.24) is 5.32 Å². The molecule has 134 valence electrons. The number of ether oxygens (including phenoxy) is 2. The summed E-state index contributed by atoms with van der Waals surface area (Å²) in [6, 6.07) is 6.03. The highest BCUT2D eigenvalue weighted by Crippen LogP contribution is 2.39. The Bertz CT molecular complexity index is 785. The normalized spacial score (nSPS) is 11.8. The molecule has 1 atom stereocenters. The quantitative estimate of drug-likeness (QED) is 0.698. The fourth-order valence-electron chi connectivity index (χ4n) is 2.32. The lowest BCUT2D eigenvalue weighted by atomic mass is 10.1. The van der Waals surface area contributed by atoms with Gasteiger partial charge in [-0.15, -0.1) is 0 Å². The molecule has 0 aliphatic carbocycles. The number of nitrogens with one attached hydrogen (secondary N) is 1. The minimum Gasteiger partial charge on any atom is -0.505 e. The molecule has 0 saturated carbocycles. The van der Waals surface area contributed by atoms with Crippen LogP contribution in [0.5, 0.6) is 17.2 Å². The van der Waals surface area contributed by atoms with E-state index in [9.17, 15) is 9.90 Å². The molecule has 0 saturated heterocycles. The van der Waals surface area contributed by atoms with Crippen molar-refractivity contribution in [2.45, 2.75) is 13.0 Å². The van der Waals surface area contributed by atoms with E-state index in [1.807, 2.05) is 0 Å². The predicted molar refractivity (Wildman–Crippen MR) is 98.6 cm³/mol. The third kappa shape index (κ3) is 4.06. The zero-order valence-corrected chi connectivity index (χ0v) is 16.0. The van der Waals surface area contributed by atoms with Crippen molar-refractivity contribution in [3.63, 3.8) is 0 Å². The molecular weight excluding hydrogens is 389 g/mol. The lowest BCUT2D eigenvalue weighted by Crippen LogP contribution is -2.27. The van der Waals surface area contributed by atoms with E-state index < -0.39 is 17.7 Å². The van der Waals surface area contributed by atoms with Crippen molar-refractivity contribution >= 4 is 40.7 Å². The number of hydrogen-bond acceptors (Lipinski definition) is 4. The molecule has 2 rings (SSSR count). The van der Waals surface area contributed by atoms with Crippen molar-refractivity contribution in [2.75, 3.05) is 14.2 Å². The molecule has 0 radical (unpaired) electrons. The fraction of sp³-hybridized carbons (Fsp3) is 0.235. The van der Waals surface area contributed by atoms with E-state index in [1.165, 1.54) is 13.2 Å². The highest BCUT2D eigenvalue weighted by molar-refractivity contribution is 6.45. The molecule has 1 amide bonds. The first-order valence-electron chi connectivity index (χ1n) is 7.19. The molecule has 2 N–H and O–H groups in total. The van der Waals surface area contributed by atoms with Crippen molar-refractivity contribution < 1.29 is 19.4 Å². The maximum absolute atomic E-state index is 12.6. The molecule has 0 aliphatic heterocycles. The SMILES string of the molecule is COc1ccc(OC)c(C(C)NC(=O)c2c(O)c(Cl)cc(Cl)c2Cl)c1. The first-order chi connectivity index (χ1) is 11.8. The number of phenols is 1. The molecule has 0 aliphatic rings. The lowest BCUT2D eigenvalue weighted by molar-refractivity contribution is 0.0937. The van der Waals surface area contributed by atoms with Gasteiger partial charge < -0.3 is 19.9 Å². The molecule has 25 heavy (non-hydrogen) atoms. The molecule has 8 heteroatoms. The summed E-state index contributed by atoms with van der Waals surface area (Å²) < 4.78 is 10.5. The van der Waals surface area contributed by atoms with E-state index in [-0.39, 0.29) is 20.6 Å². The Kier molecular flexibility index (Phi) is 6.27. The van der Waals surface area contributed by atoms with Crippen LogP contribution in [0.25, 0.3) is 0 Å². The second kappa shape index (κ2) is 8.04. The summed E-state index contributed by atoms with van der Waals surface area (Å²) in [4.78, 5) is 12.6. The van der Waals surface area contributed by atoms with Gasteiger partial charge >= 0.3 is 0 Å². The molecule has 0 spiro atoms. The van der Waals surface area contributed by atoms with Gasteiger partial charge in [-0.05, 0) is 31.2 Å². The Morgan fingerprint density at radius 3 is 2.40 bits per heavy atom. The van der Waals surface area contributed by atoms with Crippen LogP contribution in [0.3, 0.4) is 0 Å². The molecule has 0 bridgehead atoms. The van der Waals surface area contributed by atoms with Crippen LogP contribution in [-0.4, -0.2) is 25.2 Å². The Balaban J connectivity index is 2.36. The lowest BCUT2D eigenvalue weighted by Gasteiger charge is -2.19. The molecule has 5 nitrogen and oxygen atoms in total. The number of amides is 1. The summed E-state index contributed by atoms with van der Waals surface area (Å²) in [5.74, 6) is 0.138. The first-order valence-corrected chi connectivity index (χ1v) is 8.32. The Hall–Kier alpha value is -1.82. The summed E-state index contributed by atoms with van der Waals surface area (Å²) in [6.07, 6.45) is 0. The number of carbonyl (C=O) groups is 1. The van der Waals surface area contributed by atoms with Crippen LogP contribution in [-0.2, 0) is 0 Å². The summed E-state index contributed by atoms with van der Waals surface area (Å²) in [5.41, 5.74) is 0.506. The van der Waals surface area contributed by atoms with Gasteiger partial charge in [0.15, 0.2) is 0 Å². The number of rotatable bonds is 5. The largest absolute Gasteiger partial charge is 0.505 e. The van der Waals surface area contributed by atoms with E-state index in [1.54, 1.807) is 32.2 Å². The Labute approximate surface area is 160 Å². The number of aromatic hydroxyl groups is 1. The predicted octanol–water partition coefficient (Wildman–Crippen LogP) is 4.86. The number of benzene rings is 2. The standard InChI is InChI=1S/C17H16Cl3NO4/c1-8(10-6-9(24-2)4-5-13(10)25-3)21-17(23)14-15(20)11(18)7-12(19)16(14)22/h4-8,22H,1-3H3,(H,21,23). The second-order valence-corrected chi connectivity index (χ2v) is 6.37. The van der Waals surface area contributed by atoms with Gasteiger partial charge in [-0.25, -0.2) is 0 Å². The second-order valence-electron chi connectivity index (χ2n) is 5.18. The molecule has 1 unspecified atom stereocenters. The van der Waals surface area contributed by atoms with Gasteiger partial charge in [-0.3, -0.25) is 4.79 Å². The number of methoxy groups -OCH3 is 2. The van der Waals surface area contributed by atoms with Crippen LogP contribution < -0.4 is 14.8 Å². The van der Waals surface area contributed by atoms with E-state index >= 15 is 0 Å². The first kappa shape index (κ1) is 19.5. The van der Waals surface area contributed by atoms with Crippen LogP contribution in [0.4, 0.5) is 0 Å². The Morgan fingerprint density at radius 2 is 1.80 bits per heavy atom. The highest BCUT2D eigenvalue weighted by Gasteiger charge is 2.23. The van der Waals surface area contributed by atoms with Gasteiger partial charge in [-0.1, -0.05) is 34.8 Å². The molecule has 0 aromatic heterocycles. The zero-order valence-electron chi connectivity index (χ0n) is 13.7. The van der Waals surface area contributed by atoms with Crippen LogP contribution in [0, 0.1) is 0 Å². The van der Waals surface area contributed by atoms with Gasteiger partial charge in [0.1, 0.15) is 22.8 Å². The molecule has 0 fully saturated rings. The molecule has 2 aromatic rings. The number of phenolic OH excluding ortho intramolecular Hbond substituents is 1. The van der Waals surface area contributed by atoms with E-state index in [0.29, 0.717) is 17.1 Å². The summed E-state index contributed by atoms with van der Waals surface area (Å²) in [5, 5.41) is 12.7. The third-order valence-corrected chi connectivity index (χ3v) is 4.70. The number of hydrogen-bond donors (Lipinski definition) is 2. The third-order valence-electron chi connectivity index (χ3n) is 3.62. The van der Waals surface area contributed by atoms with Crippen molar-refractivity contribution in [3.8, 4) is 17.2 Å². The average molecular weight is 405 g/mol. The van der Waals surface area contributed by atoms with Crippen molar-refractivity contribution in [3.05, 3.63) is 50.5 Å². The van der Waals surface area contributed by atoms with E-state index in [4.69, 9.17) is 44.3 Å². The van der Waals surface area contributed by atoms with Crippen molar-refractivity contribution in [2.24, 2.45) is 0 Å². The highest BCUT2D eigenvalue weighted by atomic mass is 35.5. The van der Waals surface area contributed by atoms with Gasteiger partial charge in [0.05, 0.1) is 35.3 Å². The van der Waals surface area contributed by atoms with Gasteiger partial charge in [0, 0.05) is 5.56 Å². The number of carbonyl (C=O) groups excluding carboxylic acids is 1. The minimum atomic E-state index is -0.621. The molecular formula is C17H16Cl3NO4.